The molecule has 24 heavy (non-hydrogen) atoms. The Morgan fingerprint density at radius 3 is 2.62 bits per heavy atom. The number of thioether (sulfide) groups is 1. The number of amides is 2. The van der Waals surface area contributed by atoms with Crippen LogP contribution >= 0.6 is 39.0 Å². The van der Waals surface area contributed by atoms with Crippen LogP contribution in [0, 0.1) is 0 Å². The standard InChI is InChI=1S/C17H17BrN2O2S2/c18-12-5-7-13(8-6-12)23-10-16(21)19-20-17(22)15-9-11-3-1-2-4-14(11)24-15/h5-9H,1-4,10H2,(H,19,21)(H,20,22). The number of benzene rings is 1. The van der Waals surface area contributed by atoms with Gasteiger partial charge in [-0.05, 0) is 61.6 Å². The molecule has 0 bridgehead atoms. The highest BCUT2D eigenvalue weighted by Crippen LogP contribution is 2.29. The van der Waals surface area contributed by atoms with Gasteiger partial charge in [0.05, 0.1) is 10.6 Å². The summed E-state index contributed by atoms with van der Waals surface area (Å²) in [4.78, 5) is 27.0. The number of carbonyl (C=O) groups excluding carboxylic acids is 2. The van der Waals surface area contributed by atoms with E-state index in [1.54, 1.807) is 0 Å². The van der Waals surface area contributed by atoms with Crippen LogP contribution in [0.15, 0.2) is 39.7 Å². The lowest BCUT2D eigenvalue weighted by Gasteiger charge is -2.08. The third-order valence-corrected chi connectivity index (χ3v) is 6.50. The zero-order valence-corrected chi connectivity index (χ0v) is 16.2. The Kier molecular flexibility index (Phi) is 5.97. The maximum Gasteiger partial charge on any atom is 0.279 e. The van der Waals surface area contributed by atoms with Gasteiger partial charge in [-0.15, -0.1) is 23.1 Å². The molecule has 0 unspecified atom stereocenters. The van der Waals surface area contributed by atoms with Gasteiger partial charge < -0.3 is 0 Å². The summed E-state index contributed by atoms with van der Waals surface area (Å²) in [6.45, 7) is 0. The van der Waals surface area contributed by atoms with Gasteiger partial charge in [0.2, 0.25) is 5.91 Å². The van der Waals surface area contributed by atoms with Gasteiger partial charge in [-0.2, -0.15) is 0 Å². The van der Waals surface area contributed by atoms with Crippen molar-refractivity contribution in [3.63, 3.8) is 0 Å². The molecule has 1 heterocycles. The lowest BCUT2D eigenvalue weighted by Crippen LogP contribution is -2.42. The van der Waals surface area contributed by atoms with Crippen molar-refractivity contribution in [1.29, 1.82) is 0 Å². The molecule has 2 amide bonds. The van der Waals surface area contributed by atoms with Gasteiger partial charge in [0.15, 0.2) is 0 Å². The summed E-state index contributed by atoms with van der Waals surface area (Å²) in [6.07, 6.45) is 4.49. The fraction of sp³-hybridized carbons (Fsp3) is 0.294. The van der Waals surface area contributed by atoms with E-state index in [2.05, 4.69) is 26.8 Å². The van der Waals surface area contributed by atoms with E-state index in [9.17, 15) is 9.59 Å². The van der Waals surface area contributed by atoms with E-state index in [0.29, 0.717) is 4.88 Å². The van der Waals surface area contributed by atoms with Crippen LogP contribution in [0.1, 0.15) is 33.0 Å². The Labute approximate surface area is 157 Å². The second-order valence-electron chi connectivity index (χ2n) is 5.51. The largest absolute Gasteiger partial charge is 0.279 e. The van der Waals surface area contributed by atoms with Crippen molar-refractivity contribution in [2.45, 2.75) is 30.6 Å². The average molecular weight is 425 g/mol. The van der Waals surface area contributed by atoms with Crippen molar-refractivity contribution in [3.05, 3.63) is 50.1 Å². The topological polar surface area (TPSA) is 58.2 Å². The zero-order valence-electron chi connectivity index (χ0n) is 12.9. The van der Waals surface area contributed by atoms with Crippen molar-refractivity contribution in [2.75, 3.05) is 5.75 Å². The number of hydrazine groups is 1. The van der Waals surface area contributed by atoms with Crippen molar-refractivity contribution >= 4 is 50.8 Å². The molecule has 0 fully saturated rings. The molecule has 0 atom stereocenters. The van der Waals surface area contributed by atoms with Crippen LogP contribution in [-0.2, 0) is 17.6 Å². The molecule has 4 nitrogen and oxygen atoms in total. The Morgan fingerprint density at radius 1 is 1.12 bits per heavy atom. The number of carbonyl (C=O) groups is 2. The molecule has 1 aliphatic carbocycles. The molecule has 0 aliphatic heterocycles. The van der Waals surface area contributed by atoms with Crippen LogP contribution in [0.25, 0.3) is 0 Å². The predicted octanol–water partition coefficient (Wildman–Crippen LogP) is 3.94. The lowest BCUT2D eigenvalue weighted by molar-refractivity contribution is -0.119. The number of fused-ring (bicyclic) bond motifs is 1. The van der Waals surface area contributed by atoms with Gasteiger partial charge in [0.1, 0.15) is 0 Å². The highest BCUT2D eigenvalue weighted by Gasteiger charge is 2.17. The van der Waals surface area contributed by atoms with E-state index in [1.165, 1.54) is 46.4 Å². The van der Waals surface area contributed by atoms with Gasteiger partial charge in [0, 0.05) is 14.2 Å². The summed E-state index contributed by atoms with van der Waals surface area (Å²) in [5.74, 6) is -0.211. The molecule has 0 radical (unpaired) electrons. The number of halogens is 1. The maximum absolute atomic E-state index is 12.2. The van der Waals surface area contributed by atoms with Crippen molar-refractivity contribution < 1.29 is 9.59 Å². The number of aryl methyl sites for hydroxylation is 2. The molecule has 2 N–H and O–H groups in total. The first-order chi connectivity index (χ1) is 11.6. The van der Waals surface area contributed by atoms with E-state index < -0.39 is 0 Å². The average Bonchev–Trinajstić information content (AvgIpc) is 3.03. The molecule has 1 aromatic carbocycles. The van der Waals surface area contributed by atoms with E-state index >= 15 is 0 Å². The van der Waals surface area contributed by atoms with E-state index in [-0.39, 0.29) is 17.6 Å². The quantitative estimate of drug-likeness (QED) is 0.576. The SMILES string of the molecule is O=C(CSc1ccc(Br)cc1)NNC(=O)c1cc2c(s1)CCCC2. The predicted molar refractivity (Wildman–Crippen MR) is 101 cm³/mol. The summed E-state index contributed by atoms with van der Waals surface area (Å²) >= 11 is 6.33. The molecule has 1 aromatic heterocycles. The first-order valence-electron chi connectivity index (χ1n) is 7.71. The Hall–Kier alpha value is -1.31. The van der Waals surface area contributed by atoms with Crippen LogP contribution in [0.4, 0.5) is 0 Å². The molecule has 0 saturated carbocycles. The molecule has 0 saturated heterocycles. The van der Waals surface area contributed by atoms with Crippen LogP contribution in [-0.4, -0.2) is 17.6 Å². The monoisotopic (exact) mass is 424 g/mol. The minimum absolute atomic E-state index is 0.224. The summed E-state index contributed by atoms with van der Waals surface area (Å²) in [5, 5.41) is 0. The Morgan fingerprint density at radius 2 is 1.88 bits per heavy atom. The van der Waals surface area contributed by atoms with Crippen LogP contribution in [0.2, 0.25) is 0 Å². The number of rotatable bonds is 4. The zero-order chi connectivity index (χ0) is 16.9. The van der Waals surface area contributed by atoms with Gasteiger partial charge >= 0.3 is 0 Å². The molecule has 3 rings (SSSR count). The van der Waals surface area contributed by atoms with Gasteiger partial charge in [0.25, 0.3) is 5.91 Å². The highest BCUT2D eigenvalue weighted by atomic mass is 79.9. The molecule has 126 valence electrons. The smallest absolute Gasteiger partial charge is 0.272 e. The Balaban J connectivity index is 1.46. The normalized spacial score (nSPS) is 13.2. The van der Waals surface area contributed by atoms with Crippen LogP contribution in [0.3, 0.4) is 0 Å². The molecule has 0 spiro atoms. The number of thiophene rings is 1. The summed E-state index contributed by atoms with van der Waals surface area (Å²) in [7, 11) is 0. The molecular formula is C17H17BrN2O2S2. The third-order valence-electron chi connectivity index (χ3n) is 3.72. The first-order valence-corrected chi connectivity index (χ1v) is 10.3. The molecular weight excluding hydrogens is 408 g/mol. The number of hydrogen-bond donors (Lipinski definition) is 2. The summed E-state index contributed by atoms with van der Waals surface area (Å²) in [5.41, 5.74) is 6.27. The molecule has 2 aromatic rings. The van der Waals surface area contributed by atoms with Gasteiger partial charge in [-0.1, -0.05) is 15.9 Å². The maximum atomic E-state index is 12.2. The van der Waals surface area contributed by atoms with E-state index in [0.717, 1.165) is 22.2 Å². The lowest BCUT2D eigenvalue weighted by atomic mass is 9.99. The van der Waals surface area contributed by atoms with Gasteiger partial charge in [-0.3, -0.25) is 20.4 Å². The van der Waals surface area contributed by atoms with Crippen LogP contribution < -0.4 is 10.9 Å². The number of nitrogens with one attached hydrogen (secondary N) is 2. The van der Waals surface area contributed by atoms with Crippen molar-refractivity contribution in [3.8, 4) is 0 Å². The van der Waals surface area contributed by atoms with Crippen molar-refractivity contribution in [1.82, 2.24) is 10.9 Å². The molecule has 7 heteroatoms. The van der Waals surface area contributed by atoms with E-state index in [4.69, 9.17) is 0 Å². The van der Waals surface area contributed by atoms with Gasteiger partial charge in [-0.25, -0.2) is 0 Å². The Bertz CT molecular complexity index is 720. The highest BCUT2D eigenvalue weighted by molar-refractivity contribution is 9.10. The van der Waals surface area contributed by atoms with Crippen LogP contribution in [0.5, 0.6) is 0 Å². The third kappa shape index (κ3) is 4.62. The molecule has 1 aliphatic rings. The first kappa shape index (κ1) is 17.5. The second-order valence-corrected chi connectivity index (χ2v) is 8.61. The minimum atomic E-state index is -0.239. The second kappa shape index (κ2) is 8.18. The summed E-state index contributed by atoms with van der Waals surface area (Å²) in [6, 6.07) is 9.70. The fourth-order valence-corrected chi connectivity index (χ4v) is 4.62. The van der Waals surface area contributed by atoms with Crippen molar-refractivity contribution in [2.24, 2.45) is 0 Å². The fourth-order valence-electron chi connectivity index (χ4n) is 2.51. The summed E-state index contributed by atoms with van der Waals surface area (Å²) < 4.78 is 1.00. The van der Waals surface area contributed by atoms with E-state index in [1.807, 2.05) is 30.3 Å². The number of hydrogen-bond acceptors (Lipinski definition) is 4. The minimum Gasteiger partial charge on any atom is -0.272 e.